The first-order valence-corrected chi connectivity index (χ1v) is 17.4. The van der Waals surface area contributed by atoms with E-state index in [9.17, 15) is 9.59 Å². The van der Waals surface area contributed by atoms with Gasteiger partial charge in [-0.3, -0.25) is 4.79 Å². The molecule has 3 aromatic carbocycles. The van der Waals surface area contributed by atoms with E-state index in [1.165, 1.54) is 5.56 Å². The van der Waals surface area contributed by atoms with Gasteiger partial charge in [0.15, 0.2) is 5.82 Å². The van der Waals surface area contributed by atoms with Crippen LogP contribution < -0.4 is 20.1 Å². The number of para-hydroxylation sites is 2. The average Bonchev–Trinajstić information content (AvgIpc) is 3.83. The number of carbonyl (C=O) groups is 2. The first kappa shape index (κ1) is 36.0. The molecule has 6 rings (SSSR count). The van der Waals surface area contributed by atoms with Gasteiger partial charge in [-0.25, -0.2) is 4.79 Å². The molecule has 3 heterocycles. The maximum atomic E-state index is 14.1. The quantitative estimate of drug-likeness (QED) is 0.103. The summed E-state index contributed by atoms with van der Waals surface area (Å²) in [6.07, 6.45) is 5.02. The molecule has 272 valence electrons. The van der Waals surface area contributed by atoms with Crippen LogP contribution in [0.15, 0.2) is 79.1 Å². The van der Waals surface area contributed by atoms with Gasteiger partial charge >= 0.3 is 6.09 Å². The minimum Gasteiger partial charge on any atom is -0.497 e. The van der Waals surface area contributed by atoms with Crippen LogP contribution in [0.4, 0.5) is 4.79 Å². The Kier molecular flexibility index (Phi) is 10.3. The number of aromatic amines is 2. The topological polar surface area (TPSA) is 148 Å². The van der Waals surface area contributed by atoms with Crippen molar-refractivity contribution in [3.05, 3.63) is 107 Å². The molecule has 0 aliphatic carbocycles. The van der Waals surface area contributed by atoms with E-state index in [0.29, 0.717) is 43.1 Å². The number of rotatable bonds is 13. The van der Waals surface area contributed by atoms with Crippen molar-refractivity contribution < 1.29 is 23.8 Å². The molecule has 0 radical (unpaired) electrons. The number of alkyl carbamates (subject to hydrolysis) is 1. The highest BCUT2D eigenvalue weighted by Crippen LogP contribution is 2.30. The number of aromatic nitrogens is 5. The SMILES string of the molecule is COc1ccc(Cn2c(CCc3c[nH]c4ccccc34)nnc2[C@@H](Cc2c[nH]c3ccccc23)NC(=O)C(C)(C)NC(=O)OC(C)(C)C)c(OC)c1. The molecule has 0 spiro atoms. The maximum absolute atomic E-state index is 14.1. The number of nitrogens with zero attached hydrogens (tertiary/aromatic N) is 3. The zero-order valence-corrected chi connectivity index (χ0v) is 30.8. The van der Waals surface area contributed by atoms with Gasteiger partial charge in [-0.2, -0.15) is 0 Å². The second-order valence-corrected chi connectivity index (χ2v) is 14.4. The van der Waals surface area contributed by atoms with Gasteiger partial charge in [-0.15, -0.1) is 10.2 Å². The fourth-order valence-electron chi connectivity index (χ4n) is 6.38. The third-order valence-electron chi connectivity index (χ3n) is 9.07. The predicted octanol–water partition coefficient (Wildman–Crippen LogP) is 6.79. The molecule has 0 bridgehead atoms. The van der Waals surface area contributed by atoms with Crippen LogP contribution in [0.2, 0.25) is 0 Å². The Morgan fingerprint density at radius 2 is 1.46 bits per heavy atom. The fourth-order valence-corrected chi connectivity index (χ4v) is 6.38. The highest BCUT2D eigenvalue weighted by molar-refractivity contribution is 5.89. The lowest BCUT2D eigenvalue weighted by atomic mass is 10.0. The van der Waals surface area contributed by atoms with Gasteiger partial charge < -0.3 is 39.4 Å². The fraction of sp³-hybridized carbons (Fsp3) is 0.350. The molecule has 1 atom stereocenters. The summed E-state index contributed by atoms with van der Waals surface area (Å²) in [5, 5.41) is 17.7. The second-order valence-electron chi connectivity index (χ2n) is 14.4. The normalized spacial score (nSPS) is 12.5. The molecule has 12 nitrogen and oxygen atoms in total. The van der Waals surface area contributed by atoms with Gasteiger partial charge in [0.2, 0.25) is 5.91 Å². The van der Waals surface area contributed by atoms with Crippen molar-refractivity contribution in [2.24, 2.45) is 0 Å². The Bertz CT molecular complexity index is 2190. The van der Waals surface area contributed by atoms with E-state index in [1.54, 1.807) is 48.8 Å². The van der Waals surface area contributed by atoms with Crippen molar-refractivity contribution in [3.63, 3.8) is 0 Å². The van der Waals surface area contributed by atoms with E-state index in [4.69, 9.17) is 24.4 Å². The Morgan fingerprint density at radius 1 is 0.808 bits per heavy atom. The van der Waals surface area contributed by atoms with Gasteiger partial charge in [0.1, 0.15) is 28.5 Å². The Labute approximate surface area is 303 Å². The Balaban J connectivity index is 1.40. The van der Waals surface area contributed by atoms with Crippen molar-refractivity contribution >= 4 is 33.8 Å². The summed E-state index contributed by atoms with van der Waals surface area (Å²) in [6, 6.07) is 21.3. The molecule has 0 aliphatic heterocycles. The third-order valence-corrected chi connectivity index (χ3v) is 9.07. The molecule has 2 amide bonds. The molecule has 0 saturated heterocycles. The molecule has 0 fully saturated rings. The highest BCUT2D eigenvalue weighted by Gasteiger charge is 2.35. The number of hydrogen-bond donors (Lipinski definition) is 4. The summed E-state index contributed by atoms with van der Waals surface area (Å²) in [5.41, 5.74) is 3.08. The number of nitrogens with one attached hydrogen (secondary N) is 4. The first-order chi connectivity index (χ1) is 24.8. The third kappa shape index (κ3) is 8.06. The predicted molar refractivity (Wildman–Crippen MR) is 201 cm³/mol. The number of methoxy groups -OCH3 is 2. The number of benzene rings is 3. The molecular weight excluding hydrogens is 658 g/mol. The van der Waals surface area contributed by atoms with Crippen LogP contribution in [0.5, 0.6) is 11.5 Å². The minimum absolute atomic E-state index is 0.374. The van der Waals surface area contributed by atoms with Crippen molar-refractivity contribution in [2.45, 2.75) is 77.6 Å². The number of carbonyl (C=O) groups excluding carboxylic acids is 2. The van der Waals surface area contributed by atoms with E-state index in [0.717, 1.165) is 38.8 Å². The lowest BCUT2D eigenvalue weighted by Crippen LogP contribution is -2.56. The van der Waals surface area contributed by atoms with Crippen LogP contribution in [0, 0.1) is 0 Å². The molecule has 0 unspecified atom stereocenters. The van der Waals surface area contributed by atoms with Gasteiger partial charge in [0.05, 0.1) is 26.8 Å². The van der Waals surface area contributed by atoms with Crippen molar-refractivity contribution in [3.8, 4) is 11.5 Å². The van der Waals surface area contributed by atoms with E-state index >= 15 is 0 Å². The Morgan fingerprint density at radius 3 is 2.12 bits per heavy atom. The van der Waals surface area contributed by atoms with Crippen LogP contribution in [-0.2, 0) is 35.3 Å². The molecule has 0 saturated carbocycles. The second kappa shape index (κ2) is 14.8. The van der Waals surface area contributed by atoms with E-state index in [-0.39, 0.29) is 0 Å². The molecule has 4 N–H and O–H groups in total. The number of hydrogen-bond acceptors (Lipinski definition) is 7. The first-order valence-electron chi connectivity index (χ1n) is 17.4. The van der Waals surface area contributed by atoms with E-state index < -0.39 is 29.2 Å². The lowest BCUT2D eigenvalue weighted by molar-refractivity contribution is -0.127. The largest absolute Gasteiger partial charge is 0.497 e. The maximum Gasteiger partial charge on any atom is 0.408 e. The minimum atomic E-state index is -1.32. The summed E-state index contributed by atoms with van der Waals surface area (Å²) in [5.74, 6) is 2.25. The molecule has 3 aromatic heterocycles. The van der Waals surface area contributed by atoms with Crippen LogP contribution in [0.3, 0.4) is 0 Å². The lowest BCUT2D eigenvalue weighted by Gasteiger charge is -2.30. The van der Waals surface area contributed by atoms with Gasteiger partial charge in [-0.05, 0) is 76.4 Å². The van der Waals surface area contributed by atoms with Crippen molar-refractivity contribution in [2.75, 3.05) is 14.2 Å². The molecule has 6 aromatic rings. The zero-order valence-electron chi connectivity index (χ0n) is 30.8. The number of fused-ring (bicyclic) bond motifs is 2. The van der Waals surface area contributed by atoms with Crippen LogP contribution in [-0.4, -0.2) is 62.1 Å². The van der Waals surface area contributed by atoms with Crippen LogP contribution >= 0.6 is 0 Å². The van der Waals surface area contributed by atoms with E-state index in [2.05, 4.69) is 37.3 Å². The van der Waals surface area contributed by atoms with Gasteiger partial charge in [0, 0.05) is 58.7 Å². The molecule has 52 heavy (non-hydrogen) atoms. The standard InChI is InChI=1S/C40H47N7O5/c1-39(2,3)52-38(49)44-40(4,5)37(48)43-33(20-27-23-42-32-15-11-9-13-30(27)32)36-46-45-35(19-17-25-22-41-31-14-10-8-12-29(25)31)47(36)24-26-16-18-28(50-6)21-34(26)51-7/h8-16,18,21-23,33,41-42H,17,19-20,24H2,1-7H3,(H,43,48)(H,44,49)/t33-/m1/s1. The summed E-state index contributed by atoms with van der Waals surface area (Å²) in [6.45, 7) is 8.99. The Hall–Kier alpha value is -5.78. The molecule has 12 heteroatoms. The van der Waals surface area contributed by atoms with Crippen LogP contribution in [0.1, 0.15) is 69.0 Å². The van der Waals surface area contributed by atoms with Gasteiger partial charge in [-0.1, -0.05) is 36.4 Å². The highest BCUT2D eigenvalue weighted by atomic mass is 16.6. The monoisotopic (exact) mass is 705 g/mol. The summed E-state index contributed by atoms with van der Waals surface area (Å²) >= 11 is 0. The zero-order chi connectivity index (χ0) is 37.0. The van der Waals surface area contributed by atoms with Gasteiger partial charge in [0.25, 0.3) is 0 Å². The van der Waals surface area contributed by atoms with Crippen molar-refractivity contribution in [1.29, 1.82) is 0 Å². The van der Waals surface area contributed by atoms with E-state index in [1.807, 2.05) is 67.0 Å². The summed E-state index contributed by atoms with van der Waals surface area (Å²) < 4.78 is 18.8. The smallest absolute Gasteiger partial charge is 0.408 e. The number of ether oxygens (including phenoxy) is 3. The number of amides is 2. The van der Waals surface area contributed by atoms with Crippen LogP contribution in [0.25, 0.3) is 21.8 Å². The van der Waals surface area contributed by atoms with Crippen molar-refractivity contribution in [1.82, 2.24) is 35.4 Å². The summed E-state index contributed by atoms with van der Waals surface area (Å²) in [7, 11) is 3.25. The number of H-pyrrole nitrogens is 2. The molecule has 0 aliphatic rings. The average molecular weight is 706 g/mol. The number of aryl methyl sites for hydroxylation is 2. The molecular formula is C40H47N7O5. The summed E-state index contributed by atoms with van der Waals surface area (Å²) in [4.78, 5) is 33.6.